The lowest BCUT2D eigenvalue weighted by atomic mass is 10.2. The number of nitrogens with one attached hydrogen (secondary N) is 2. The van der Waals surface area contributed by atoms with Gasteiger partial charge in [0.15, 0.2) is 5.03 Å². The maximum Gasteiger partial charge on any atom is 0.257 e. The van der Waals surface area contributed by atoms with Crippen molar-refractivity contribution in [3.63, 3.8) is 0 Å². The van der Waals surface area contributed by atoms with Crippen molar-refractivity contribution >= 4 is 10.0 Å². The fraction of sp³-hybridized carbons (Fsp3) is 0.667. The van der Waals surface area contributed by atoms with Crippen LogP contribution >= 0.6 is 0 Å². The summed E-state index contributed by atoms with van der Waals surface area (Å²) >= 11 is 0. The summed E-state index contributed by atoms with van der Waals surface area (Å²) in [6.07, 6.45) is 1.11. The number of hydrogen-bond donors (Lipinski definition) is 4. The Bertz CT molecular complexity index is 455. The molecule has 0 aliphatic heterocycles. The molecule has 0 bridgehead atoms. The van der Waals surface area contributed by atoms with Gasteiger partial charge >= 0.3 is 0 Å². The van der Waals surface area contributed by atoms with Gasteiger partial charge in [0.1, 0.15) is 5.82 Å². The number of aryl methyl sites for hydroxylation is 1. The van der Waals surface area contributed by atoms with E-state index in [1.807, 2.05) is 6.92 Å². The summed E-state index contributed by atoms with van der Waals surface area (Å²) in [7, 11) is -3.64. The molecule has 0 fully saturated rings. The lowest BCUT2D eigenvalue weighted by molar-refractivity contribution is 0.164. The van der Waals surface area contributed by atoms with E-state index in [4.69, 9.17) is 10.8 Å². The fourth-order valence-corrected chi connectivity index (χ4v) is 2.12. The van der Waals surface area contributed by atoms with Gasteiger partial charge in [-0.15, -0.1) is 0 Å². The predicted octanol–water partition coefficient (Wildman–Crippen LogP) is -1.04. The van der Waals surface area contributed by atoms with Gasteiger partial charge in [-0.2, -0.15) is 0 Å². The van der Waals surface area contributed by atoms with Crippen LogP contribution in [-0.4, -0.2) is 42.2 Å². The Morgan fingerprint density at radius 2 is 2.29 bits per heavy atom. The predicted molar refractivity (Wildman–Crippen MR) is 62.8 cm³/mol. The summed E-state index contributed by atoms with van der Waals surface area (Å²) in [5.74, 6) is 0.602. The summed E-state index contributed by atoms with van der Waals surface area (Å²) in [5, 5.41) is 9.16. The van der Waals surface area contributed by atoms with Crippen LogP contribution < -0.4 is 10.5 Å². The third-order valence-electron chi connectivity index (χ3n) is 2.36. The zero-order valence-corrected chi connectivity index (χ0v) is 10.7. The summed E-state index contributed by atoms with van der Waals surface area (Å²) in [6.45, 7) is 3.34. The van der Waals surface area contributed by atoms with Gasteiger partial charge in [-0.1, -0.05) is 6.92 Å². The Morgan fingerprint density at radius 1 is 1.65 bits per heavy atom. The summed E-state index contributed by atoms with van der Waals surface area (Å²) in [6, 6.07) is -0.640. The van der Waals surface area contributed by atoms with Crippen molar-refractivity contribution < 1.29 is 13.5 Å². The molecule has 0 saturated carbocycles. The van der Waals surface area contributed by atoms with E-state index in [1.54, 1.807) is 0 Å². The Hall–Kier alpha value is -0.960. The molecule has 0 radical (unpaired) electrons. The number of aliphatic hydroxyl groups is 1. The van der Waals surface area contributed by atoms with Crippen molar-refractivity contribution in [3.05, 3.63) is 12.0 Å². The standard InChI is InChI=1S/C9H18N4O3S/c1-3-8-11-5-9(13-8)17(15,16)12-4-7(10)6(2)14/h5-7,12,14H,3-4,10H2,1-2H3,(H,11,13). The van der Waals surface area contributed by atoms with E-state index in [0.29, 0.717) is 12.2 Å². The van der Waals surface area contributed by atoms with Crippen LogP contribution in [0.1, 0.15) is 19.7 Å². The second-order valence-electron chi connectivity index (χ2n) is 3.80. The molecule has 0 saturated heterocycles. The Balaban J connectivity index is 2.69. The average Bonchev–Trinajstić information content (AvgIpc) is 2.75. The molecule has 0 aliphatic rings. The van der Waals surface area contributed by atoms with Crippen molar-refractivity contribution in [1.29, 1.82) is 0 Å². The maximum absolute atomic E-state index is 11.8. The molecule has 0 aromatic carbocycles. The van der Waals surface area contributed by atoms with Crippen molar-refractivity contribution in [2.45, 2.75) is 37.4 Å². The molecular formula is C9H18N4O3S. The first-order chi connectivity index (χ1) is 7.86. The zero-order chi connectivity index (χ0) is 13.1. The Morgan fingerprint density at radius 3 is 2.76 bits per heavy atom. The number of aliphatic hydroxyl groups excluding tert-OH is 1. The minimum atomic E-state index is -3.64. The van der Waals surface area contributed by atoms with Crippen molar-refractivity contribution in [1.82, 2.24) is 14.7 Å². The molecule has 5 N–H and O–H groups in total. The highest BCUT2D eigenvalue weighted by atomic mass is 32.2. The molecule has 98 valence electrons. The van der Waals surface area contributed by atoms with Gasteiger partial charge in [0.2, 0.25) is 0 Å². The van der Waals surface area contributed by atoms with E-state index in [-0.39, 0.29) is 11.6 Å². The number of sulfonamides is 1. The summed E-state index contributed by atoms with van der Waals surface area (Å²) < 4.78 is 25.8. The van der Waals surface area contributed by atoms with Crippen LogP contribution in [0.15, 0.2) is 11.2 Å². The number of nitrogens with zero attached hydrogens (tertiary/aromatic N) is 1. The van der Waals surface area contributed by atoms with Gasteiger partial charge in [-0.3, -0.25) is 0 Å². The first-order valence-corrected chi connectivity index (χ1v) is 6.82. The first-order valence-electron chi connectivity index (χ1n) is 5.34. The van der Waals surface area contributed by atoms with Gasteiger partial charge in [-0.05, 0) is 6.92 Å². The quantitative estimate of drug-likeness (QED) is 0.521. The molecule has 0 amide bonds. The van der Waals surface area contributed by atoms with E-state index >= 15 is 0 Å². The van der Waals surface area contributed by atoms with Crippen LogP contribution in [-0.2, 0) is 16.4 Å². The first kappa shape index (κ1) is 14.1. The third kappa shape index (κ3) is 3.77. The topological polar surface area (TPSA) is 121 Å². The molecule has 0 aliphatic carbocycles. The van der Waals surface area contributed by atoms with Gasteiger partial charge in [0, 0.05) is 19.0 Å². The van der Waals surface area contributed by atoms with E-state index in [2.05, 4.69) is 14.7 Å². The van der Waals surface area contributed by atoms with Gasteiger partial charge in [0.25, 0.3) is 10.0 Å². The lowest BCUT2D eigenvalue weighted by Crippen LogP contribution is -2.43. The van der Waals surface area contributed by atoms with Crippen LogP contribution in [0.25, 0.3) is 0 Å². The van der Waals surface area contributed by atoms with Crippen LogP contribution in [0.5, 0.6) is 0 Å². The zero-order valence-electron chi connectivity index (χ0n) is 9.84. The minimum Gasteiger partial charge on any atom is -0.392 e. The fourth-order valence-electron chi connectivity index (χ4n) is 1.11. The highest BCUT2D eigenvalue weighted by Gasteiger charge is 2.19. The molecule has 2 unspecified atom stereocenters. The number of aromatic amines is 1. The molecule has 1 aromatic heterocycles. The molecule has 8 heteroatoms. The number of H-pyrrole nitrogens is 1. The lowest BCUT2D eigenvalue weighted by Gasteiger charge is -2.14. The van der Waals surface area contributed by atoms with Crippen LogP contribution in [0.2, 0.25) is 0 Å². The second-order valence-corrected chi connectivity index (χ2v) is 5.54. The van der Waals surface area contributed by atoms with Crippen LogP contribution in [0, 0.1) is 0 Å². The van der Waals surface area contributed by atoms with Gasteiger partial charge in [0.05, 0.1) is 12.3 Å². The number of nitrogens with two attached hydrogens (primary N) is 1. The smallest absolute Gasteiger partial charge is 0.257 e. The van der Waals surface area contributed by atoms with E-state index in [1.165, 1.54) is 13.1 Å². The SMILES string of the molecule is CCc1ncc(S(=O)(=O)NCC(N)C(C)O)[nH]1. The molecule has 2 atom stereocenters. The van der Waals surface area contributed by atoms with Gasteiger partial charge in [-0.25, -0.2) is 18.1 Å². The maximum atomic E-state index is 11.8. The number of imidazole rings is 1. The van der Waals surface area contributed by atoms with Crippen molar-refractivity contribution in [2.75, 3.05) is 6.54 Å². The van der Waals surface area contributed by atoms with E-state index in [9.17, 15) is 8.42 Å². The third-order valence-corrected chi connectivity index (χ3v) is 3.69. The van der Waals surface area contributed by atoms with Crippen molar-refractivity contribution in [3.8, 4) is 0 Å². The average molecular weight is 262 g/mol. The monoisotopic (exact) mass is 262 g/mol. The highest BCUT2D eigenvalue weighted by Crippen LogP contribution is 2.05. The minimum absolute atomic E-state index is 0.00661. The van der Waals surface area contributed by atoms with Crippen LogP contribution in [0.3, 0.4) is 0 Å². The second kappa shape index (κ2) is 5.58. The molecule has 1 rings (SSSR count). The largest absolute Gasteiger partial charge is 0.392 e. The highest BCUT2D eigenvalue weighted by molar-refractivity contribution is 7.89. The van der Waals surface area contributed by atoms with E-state index in [0.717, 1.165) is 0 Å². The molecule has 1 aromatic rings. The molecule has 0 spiro atoms. The van der Waals surface area contributed by atoms with Gasteiger partial charge < -0.3 is 15.8 Å². The van der Waals surface area contributed by atoms with E-state index < -0.39 is 22.2 Å². The summed E-state index contributed by atoms with van der Waals surface area (Å²) in [4.78, 5) is 6.60. The molecular weight excluding hydrogens is 244 g/mol. The number of aromatic nitrogens is 2. The summed E-state index contributed by atoms with van der Waals surface area (Å²) in [5.41, 5.74) is 5.53. The Kier molecular flexibility index (Phi) is 4.63. The molecule has 1 heterocycles. The normalized spacial score (nSPS) is 15.8. The number of rotatable bonds is 6. The molecule has 7 nitrogen and oxygen atoms in total. The number of hydrogen-bond acceptors (Lipinski definition) is 5. The molecule has 17 heavy (non-hydrogen) atoms. The van der Waals surface area contributed by atoms with Crippen LogP contribution in [0.4, 0.5) is 0 Å². The van der Waals surface area contributed by atoms with Crippen molar-refractivity contribution in [2.24, 2.45) is 5.73 Å². The Labute approximate surface area is 100 Å².